The Labute approximate surface area is 204 Å². The summed E-state index contributed by atoms with van der Waals surface area (Å²) in [6.07, 6.45) is 1.76. The van der Waals surface area contributed by atoms with Gasteiger partial charge in [-0.1, -0.05) is 42.5 Å². The fourth-order valence-electron chi connectivity index (χ4n) is 3.22. The topological polar surface area (TPSA) is 128 Å². The third-order valence-electron chi connectivity index (χ3n) is 4.90. The molecule has 0 saturated carbocycles. The van der Waals surface area contributed by atoms with Gasteiger partial charge < -0.3 is 10.4 Å². The Morgan fingerprint density at radius 3 is 2.37 bits per heavy atom. The lowest BCUT2D eigenvalue weighted by Gasteiger charge is -2.21. The largest absolute Gasteiger partial charge is 0.508 e. The van der Waals surface area contributed by atoms with E-state index in [0.29, 0.717) is 17.7 Å². The van der Waals surface area contributed by atoms with Crippen molar-refractivity contribution in [2.45, 2.75) is 18.2 Å². The van der Waals surface area contributed by atoms with Crippen LogP contribution in [-0.4, -0.2) is 48.9 Å². The number of benzene rings is 3. The molecule has 0 aliphatic rings. The second-order valence-electron chi connectivity index (χ2n) is 7.67. The highest BCUT2D eigenvalue weighted by Gasteiger charge is 2.26. The van der Waals surface area contributed by atoms with Crippen molar-refractivity contribution in [3.63, 3.8) is 0 Å². The summed E-state index contributed by atoms with van der Waals surface area (Å²) in [6, 6.07) is 21.4. The summed E-state index contributed by atoms with van der Waals surface area (Å²) >= 11 is 0. The Balaban J connectivity index is 1.75. The molecule has 10 heteroatoms. The highest BCUT2D eigenvalue weighted by Crippen LogP contribution is 2.19. The highest BCUT2D eigenvalue weighted by molar-refractivity contribution is 7.89. The molecule has 9 nitrogen and oxygen atoms in total. The third kappa shape index (κ3) is 7.76. The van der Waals surface area contributed by atoms with Gasteiger partial charge in [0, 0.05) is 19.2 Å². The Morgan fingerprint density at radius 2 is 1.71 bits per heavy atom. The van der Waals surface area contributed by atoms with E-state index in [1.807, 2.05) is 30.3 Å². The third-order valence-corrected chi connectivity index (χ3v) is 6.76. The van der Waals surface area contributed by atoms with Gasteiger partial charge in [-0.25, -0.2) is 13.8 Å². The number of rotatable bonds is 10. The maximum absolute atomic E-state index is 13.3. The lowest BCUT2D eigenvalue weighted by molar-refractivity contribution is -0.121. The molecule has 0 saturated heterocycles. The second kappa shape index (κ2) is 11.9. The first-order valence-electron chi connectivity index (χ1n) is 10.8. The summed E-state index contributed by atoms with van der Waals surface area (Å²) in [5.41, 5.74) is 4.29. The maximum Gasteiger partial charge on any atom is 0.255 e. The average molecular weight is 495 g/mol. The fraction of sp³-hybridized carbons (Fsp3) is 0.160. The highest BCUT2D eigenvalue weighted by atomic mass is 32.2. The summed E-state index contributed by atoms with van der Waals surface area (Å²) < 4.78 is 27.8. The van der Waals surface area contributed by atoms with E-state index in [-0.39, 0.29) is 23.1 Å². The number of aromatic hydroxyl groups is 1. The van der Waals surface area contributed by atoms with Gasteiger partial charge in [0.2, 0.25) is 15.9 Å². The van der Waals surface area contributed by atoms with E-state index in [1.54, 1.807) is 12.1 Å². The van der Waals surface area contributed by atoms with Gasteiger partial charge in [-0.15, -0.1) is 0 Å². The lowest BCUT2D eigenvalue weighted by atomic mass is 10.1. The van der Waals surface area contributed by atoms with E-state index < -0.39 is 22.5 Å². The van der Waals surface area contributed by atoms with E-state index in [4.69, 9.17) is 0 Å². The molecule has 0 aliphatic carbocycles. The van der Waals surface area contributed by atoms with Crippen molar-refractivity contribution >= 4 is 33.7 Å². The van der Waals surface area contributed by atoms with Gasteiger partial charge in [-0.05, 0) is 53.9 Å². The molecular formula is C25H26N4O5S. The molecular weight excluding hydrogens is 468 g/mol. The lowest BCUT2D eigenvalue weighted by Crippen LogP contribution is -2.40. The summed E-state index contributed by atoms with van der Waals surface area (Å²) in [7, 11) is -4.02. The minimum absolute atomic E-state index is 0.00396. The van der Waals surface area contributed by atoms with Gasteiger partial charge in [-0.3, -0.25) is 9.59 Å². The van der Waals surface area contributed by atoms with Crippen molar-refractivity contribution in [2.24, 2.45) is 5.10 Å². The van der Waals surface area contributed by atoms with Crippen LogP contribution in [0.3, 0.4) is 0 Å². The molecule has 3 N–H and O–H groups in total. The number of hydrogen-bond acceptors (Lipinski definition) is 6. The van der Waals surface area contributed by atoms with Crippen LogP contribution in [0.15, 0.2) is 88.9 Å². The van der Waals surface area contributed by atoms with Crippen LogP contribution in [0.4, 0.5) is 5.69 Å². The van der Waals surface area contributed by atoms with E-state index in [0.717, 1.165) is 9.87 Å². The van der Waals surface area contributed by atoms with E-state index in [1.165, 1.54) is 49.5 Å². The number of hydrazone groups is 1. The molecule has 0 heterocycles. The van der Waals surface area contributed by atoms with Crippen LogP contribution in [0.25, 0.3) is 0 Å². The summed E-state index contributed by atoms with van der Waals surface area (Å²) in [4.78, 5) is 23.8. The summed E-state index contributed by atoms with van der Waals surface area (Å²) in [5.74, 6) is -0.830. The SMILES string of the molecule is CC(=O)Nc1ccc(S(=O)(=O)N(CCc2ccccc2)CC(=O)N/N=C/c2cccc(O)c2)cc1. The Hall–Kier alpha value is -4.02. The van der Waals surface area contributed by atoms with E-state index in [9.17, 15) is 23.1 Å². The molecule has 0 aliphatic heterocycles. The zero-order chi connectivity index (χ0) is 25.3. The first-order valence-corrected chi connectivity index (χ1v) is 12.2. The first-order chi connectivity index (χ1) is 16.7. The van der Waals surface area contributed by atoms with Crippen molar-refractivity contribution in [1.82, 2.24) is 9.73 Å². The predicted molar refractivity (Wildman–Crippen MR) is 133 cm³/mol. The summed E-state index contributed by atoms with van der Waals surface area (Å²) in [6.45, 7) is 0.987. The number of amides is 2. The number of nitrogens with zero attached hydrogens (tertiary/aromatic N) is 2. The molecule has 0 atom stereocenters. The molecule has 0 radical (unpaired) electrons. The van der Waals surface area contributed by atoms with E-state index >= 15 is 0 Å². The van der Waals surface area contributed by atoms with Gasteiger partial charge in [0.05, 0.1) is 17.7 Å². The number of phenols is 1. The monoisotopic (exact) mass is 494 g/mol. The van der Waals surface area contributed by atoms with Crippen LogP contribution in [0.5, 0.6) is 5.75 Å². The second-order valence-corrected chi connectivity index (χ2v) is 9.61. The van der Waals surface area contributed by atoms with Crippen LogP contribution in [0, 0.1) is 0 Å². The number of hydrogen-bond donors (Lipinski definition) is 3. The number of carbonyl (C=O) groups is 2. The standard InChI is InChI=1S/C25H26N4O5S/c1-19(30)27-22-10-12-24(13-11-22)35(33,34)29(15-14-20-6-3-2-4-7-20)18-25(32)28-26-17-21-8-5-9-23(31)16-21/h2-13,16-17,31H,14-15,18H2,1H3,(H,27,30)(H,28,32)/b26-17+. The van der Waals surface area contributed by atoms with Crippen LogP contribution in [-0.2, 0) is 26.0 Å². The minimum atomic E-state index is -4.02. The van der Waals surface area contributed by atoms with Crippen molar-refractivity contribution in [3.05, 3.63) is 90.0 Å². The first kappa shape index (κ1) is 25.6. The molecule has 0 fully saturated rings. The quantitative estimate of drug-likeness (QED) is 0.295. The van der Waals surface area contributed by atoms with Crippen molar-refractivity contribution in [2.75, 3.05) is 18.4 Å². The fourth-order valence-corrected chi connectivity index (χ4v) is 4.62. The number of anilines is 1. The van der Waals surface area contributed by atoms with Gasteiger partial charge in [0.1, 0.15) is 5.75 Å². The smallest absolute Gasteiger partial charge is 0.255 e. The normalized spacial score (nSPS) is 11.5. The zero-order valence-corrected chi connectivity index (χ0v) is 19.9. The molecule has 0 bridgehead atoms. The maximum atomic E-state index is 13.3. The van der Waals surface area contributed by atoms with Crippen molar-refractivity contribution in [3.8, 4) is 5.75 Å². The molecule has 0 spiro atoms. The zero-order valence-electron chi connectivity index (χ0n) is 19.1. The Morgan fingerprint density at radius 1 is 1.00 bits per heavy atom. The van der Waals surface area contributed by atoms with Crippen LogP contribution in [0.2, 0.25) is 0 Å². The Kier molecular flexibility index (Phi) is 8.71. The summed E-state index contributed by atoms with van der Waals surface area (Å²) in [5, 5.41) is 15.9. The molecule has 3 rings (SSSR count). The van der Waals surface area contributed by atoms with Crippen LogP contribution in [0.1, 0.15) is 18.1 Å². The number of sulfonamides is 1. The van der Waals surface area contributed by atoms with Gasteiger partial charge in [0.15, 0.2) is 0 Å². The average Bonchev–Trinajstić information content (AvgIpc) is 2.82. The molecule has 35 heavy (non-hydrogen) atoms. The minimum Gasteiger partial charge on any atom is -0.508 e. The molecule has 2 amide bonds. The molecule has 0 aromatic heterocycles. The van der Waals surface area contributed by atoms with Gasteiger partial charge >= 0.3 is 0 Å². The molecule has 0 unspecified atom stereocenters. The van der Waals surface area contributed by atoms with Crippen LogP contribution < -0.4 is 10.7 Å². The number of nitrogens with one attached hydrogen (secondary N) is 2. The van der Waals surface area contributed by atoms with Crippen LogP contribution >= 0.6 is 0 Å². The number of phenolic OH excluding ortho intramolecular Hbond substituents is 1. The van der Waals surface area contributed by atoms with Crippen molar-refractivity contribution in [1.29, 1.82) is 0 Å². The number of carbonyl (C=O) groups excluding carboxylic acids is 2. The predicted octanol–water partition coefficient (Wildman–Crippen LogP) is 2.73. The van der Waals surface area contributed by atoms with Gasteiger partial charge in [0.25, 0.3) is 5.91 Å². The molecule has 3 aromatic carbocycles. The van der Waals surface area contributed by atoms with Gasteiger partial charge in [-0.2, -0.15) is 9.41 Å². The molecule has 3 aromatic rings. The van der Waals surface area contributed by atoms with Crippen molar-refractivity contribution < 1.29 is 23.1 Å². The van der Waals surface area contributed by atoms with E-state index in [2.05, 4.69) is 15.8 Å². The Bertz CT molecular complexity index is 1290. The molecule has 182 valence electrons.